The summed E-state index contributed by atoms with van der Waals surface area (Å²) < 4.78 is 5.17. The highest BCUT2D eigenvalue weighted by Crippen LogP contribution is 2.14. The van der Waals surface area contributed by atoms with Crippen LogP contribution in [-0.4, -0.2) is 42.2 Å². The second-order valence-electron chi connectivity index (χ2n) is 5.46. The fourth-order valence-electron chi connectivity index (χ4n) is 1.89. The Morgan fingerprint density at radius 2 is 2.15 bits per heavy atom. The molecule has 2 N–H and O–H groups in total. The van der Waals surface area contributed by atoms with E-state index in [0.29, 0.717) is 18.3 Å². The Kier molecular flexibility index (Phi) is 6.75. The summed E-state index contributed by atoms with van der Waals surface area (Å²) in [6, 6.07) is 2.18. The van der Waals surface area contributed by atoms with Gasteiger partial charge in [0.2, 0.25) is 5.76 Å². The highest BCUT2D eigenvalue weighted by atomic mass is 16.4. The van der Waals surface area contributed by atoms with Gasteiger partial charge in [-0.2, -0.15) is 0 Å². The van der Waals surface area contributed by atoms with E-state index in [2.05, 4.69) is 31.1 Å². The lowest BCUT2D eigenvalue weighted by Crippen LogP contribution is -2.27. The maximum absolute atomic E-state index is 10.8. The maximum atomic E-state index is 10.8. The third-order valence-electron chi connectivity index (χ3n) is 3.54. The topological polar surface area (TPSA) is 65.7 Å². The molecule has 0 aliphatic rings. The molecule has 0 bridgehead atoms. The van der Waals surface area contributed by atoms with Gasteiger partial charge in [-0.15, -0.1) is 0 Å². The first-order valence-electron chi connectivity index (χ1n) is 7.15. The predicted molar refractivity (Wildman–Crippen MR) is 79.1 cm³/mol. The van der Waals surface area contributed by atoms with Crippen molar-refractivity contribution in [3.05, 3.63) is 23.2 Å². The summed E-state index contributed by atoms with van der Waals surface area (Å²) in [6.07, 6.45) is 2.27. The van der Waals surface area contributed by atoms with Crippen LogP contribution in [0, 0.1) is 6.92 Å². The maximum Gasteiger partial charge on any atom is 0.371 e. The van der Waals surface area contributed by atoms with Crippen molar-refractivity contribution in [1.29, 1.82) is 0 Å². The average molecular weight is 282 g/mol. The van der Waals surface area contributed by atoms with Gasteiger partial charge in [0, 0.05) is 18.2 Å². The minimum Gasteiger partial charge on any atom is -0.475 e. The van der Waals surface area contributed by atoms with Crippen LogP contribution in [0.1, 0.15) is 48.6 Å². The highest BCUT2D eigenvalue weighted by Gasteiger charge is 2.12. The molecule has 1 rings (SSSR count). The first-order chi connectivity index (χ1) is 9.41. The molecule has 0 atom stereocenters. The second-order valence-corrected chi connectivity index (χ2v) is 5.46. The molecule has 0 unspecified atom stereocenters. The lowest BCUT2D eigenvalue weighted by atomic mass is 10.2. The van der Waals surface area contributed by atoms with Gasteiger partial charge >= 0.3 is 5.97 Å². The average Bonchev–Trinajstić information content (AvgIpc) is 2.75. The summed E-state index contributed by atoms with van der Waals surface area (Å²) in [7, 11) is 2.14. The number of nitrogens with zero attached hydrogens (tertiary/aromatic N) is 1. The molecule has 5 heteroatoms. The SMILES string of the molecule is Cc1oc(C(=O)O)cc1CNCCCCN(C)C(C)C. The van der Waals surface area contributed by atoms with Gasteiger partial charge in [-0.3, -0.25) is 0 Å². The van der Waals surface area contributed by atoms with E-state index >= 15 is 0 Å². The molecule has 0 amide bonds. The van der Waals surface area contributed by atoms with Crippen molar-refractivity contribution in [2.75, 3.05) is 20.1 Å². The molecule has 1 heterocycles. The minimum atomic E-state index is -1.02. The van der Waals surface area contributed by atoms with E-state index in [4.69, 9.17) is 9.52 Å². The molecule has 20 heavy (non-hydrogen) atoms. The van der Waals surface area contributed by atoms with Crippen molar-refractivity contribution < 1.29 is 14.3 Å². The van der Waals surface area contributed by atoms with E-state index in [1.54, 1.807) is 13.0 Å². The van der Waals surface area contributed by atoms with Gasteiger partial charge in [-0.1, -0.05) is 0 Å². The Bertz CT molecular complexity index is 427. The lowest BCUT2D eigenvalue weighted by molar-refractivity contribution is 0.0661. The zero-order valence-electron chi connectivity index (χ0n) is 12.9. The first kappa shape index (κ1) is 16.7. The van der Waals surface area contributed by atoms with Crippen LogP contribution in [0.2, 0.25) is 0 Å². The number of nitrogens with one attached hydrogen (secondary N) is 1. The van der Waals surface area contributed by atoms with E-state index in [1.165, 1.54) is 0 Å². The van der Waals surface area contributed by atoms with Gasteiger partial charge in [0.15, 0.2) is 0 Å². The number of aromatic carboxylic acids is 1. The van der Waals surface area contributed by atoms with Crippen LogP contribution in [-0.2, 0) is 6.54 Å². The van der Waals surface area contributed by atoms with Crippen molar-refractivity contribution in [2.45, 2.75) is 46.2 Å². The van der Waals surface area contributed by atoms with Crippen LogP contribution in [0.15, 0.2) is 10.5 Å². The van der Waals surface area contributed by atoms with Crippen LogP contribution < -0.4 is 5.32 Å². The van der Waals surface area contributed by atoms with Crippen molar-refractivity contribution in [1.82, 2.24) is 10.2 Å². The number of unbranched alkanes of at least 4 members (excludes halogenated alkanes) is 1. The van der Waals surface area contributed by atoms with Gasteiger partial charge in [0.05, 0.1) is 0 Å². The largest absolute Gasteiger partial charge is 0.475 e. The van der Waals surface area contributed by atoms with Gasteiger partial charge in [-0.05, 0) is 59.8 Å². The van der Waals surface area contributed by atoms with Crippen molar-refractivity contribution in [3.63, 3.8) is 0 Å². The van der Waals surface area contributed by atoms with Crippen molar-refractivity contribution >= 4 is 5.97 Å². The standard InChI is InChI=1S/C15H26N2O3/c1-11(2)17(4)8-6-5-7-16-10-13-9-14(15(18)19)20-12(13)3/h9,11,16H,5-8,10H2,1-4H3,(H,18,19). The van der Waals surface area contributed by atoms with Gasteiger partial charge in [0.25, 0.3) is 0 Å². The third kappa shape index (κ3) is 5.35. The normalized spacial score (nSPS) is 11.5. The molecule has 0 spiro atoms. The smallest absolute Gasteiger partial charge is 0.371 e. The van der Waals surface area contributed by atoms with Crippen LogP contribution in [0.25, 0.3) is 0 Å². The van der Waals surface area contributed by atoms with E-state index < -0.39 is 5.97 Å². The molecule has 0 radical (unpaired) electrons. The quantitative estimate of drug-likeness (QED) is 0.681. The summed E-state index contributed by atoms with van der Waals surface area (Å²) in [5.41, 5.74) is 0.918. The van der Waals surface area contributed by atoms with Gasteiger partial charge in [0.1, 0.15) is 5.76 Å². The number of carboxylic acid groups (broad SMARTS) is 1. The molecule has 114 valence electrons. The van der Waals surface area contributed by atoms with Crippen LogP contribution >= 0.6 is 0 Å². The fraction of sp³-hybridized carbons (Fsp3) is 0.667. The zero-order chi connectivity index (χ0) is 15.1. The van der Waals surface area contributed by atoms with Gasteiger partial charge < -0.3 is 19.7 Å². The summed E-state index contributed by atoms with van der Waals surface area (Å²) in [4.78, 5) is 13.1. The Balaban J connectivity index is 2.20. The molecule has 0 aliphatic heterocycles. The summed E-state index contributed by atoms with van der Waals surface area (Å²) in [6.45, 7) is 8.87. The Morgan fingerprint density at radius 1 is 1.45 bits per heavy atom. The van der Waals surface area contributed by atoms with Crippen LogP contribution in [0.5, 0.6) is 0 Å². The predicted octanol–water partition coefficient (Wildman–Crippen LogP) is 2.50. The number of carbonyl (C=O) groups is 1. The minimum absolute atomic E-state index is 0.0119. The lowest BCUT2D eigenvalue weighted by Gasteiger charge is -2.20. The van der Waals surface area contributed by atoms with E-state index in [0.717, 1.165) is 31.5 Å². The van der Waals surface area contributed by atoms with E-state index in [1.807, 2.05) is 0 Å². The number of aryl methyl sites for hydroxylation is 1. The Hall–Kier alpha value is -1.33. The molecule has 0 aromatic carbocycles. The summed E-state index contributed by atoms with van der Waals surface area (Å²) in [5, 5.41) is 12.2. The fourth-order valence-corrected chi connectivity index (χ4v) is 1.89. The second kappa shape index (κ2) is 8.07. The molecule has 0 saturated carbocycles. The monoisotopic (exact) mass is 282 g/mol. The number of hydrogen-bond donors (Lipinski definition) is 2. The van der Waals surface area contributed by atoms with Crippen molar-refractivity contribution in [2.24, 2.45) is 0 Å². The van der Waals surface area contributed by atoms with Crippen LogP contribution in [0.4, 0.5) is 0 Å². The number of furan rings is 1. The van der Waals surface area contributed by atoms with Gasteiger partial charge in [-0.25, -0.2) is 4.79 Å². The zero-order valence-corrected chi connectivity index (χ0v) is 12.9. The first-order valence-corrected chi connectivity index (χ1v) is 7.15. The van der Waals surface area contributed by atoms with E-state index in [9.17, 15) is 4.79 Å². The number of carboxylic acids is 1. The van der Waals surface area contributed by atoms with Crippen LogP contribution in [0.3, 0.4) is 0 Å². The summed E-state index contributed by atoms with van der Waals surface area (Å²) in [5.74, 6) is -0.330. The molecular formula is C15H26N2O3. The third-order valence-corrected chi connectivity index (χ3v) is 3.54. The highest BCUT2D eigenvalue weighted by molar-refractivity contribution is 5.84. The summed E-state index contributed by atoms with van der Waals surface area (Å²) >= 11 is 0. The van der Waals surface area contributed by atoms with Crippen molar-refractivity contribution in [3.8, 4) is 0 Å². The van der Waals surface area contributed by atoms with E-state index in [-0.39, 0.29) is 5.76 Å². The molecule has 0 saturated heterocycles. The molecule has 5 nitrogen and oxygen atoms in total. The molecule has 0 fully saturated rings. The molecule has 1 aromatic heterocycles. The molecule has 1 aromatic rings. The Morgan fingerprint density at radius 3 is 2.70 bits per heavy atom. The number of rotatable bonds is 9. The Labute approximate surface area is 121 Å². The molecule has 0 aliphatic carbocycles. The number of hydrogen-bond acceptors (Lipinski definition) is 4. The molecular weight excluding hydrogens is 256 g/mol.